The van der Waals surface area contributed by atoms with Gasteiger partial charge in [-0.2, -0.15) is 0 Å². The largest absolute Gasteiger partial charge is 0.496 e. The van der Waals surface area contributed by atoms with Crippen LogP contribution in [-0.2, 0) is 19.6 Å². The third-order valence-corrected chi connectivity index (χ3v) is 8.30. The van der Waals surface area contributed by atoms with E-state index in [2.05, 4.69) is 56.4 Å². The number of methoxy groups -OCH3 is 1. The SMILES string of the molecule is COc1cc(C(=O)N2Cc3ccc(C(=O)NCc4ccc(C)cc4C)n3Cc3ccccc32)ccc1-c1ccccc1C. The maximum atomic E-state index is 14.1. The second-order valence-electron chi connectivity index (χ2n) is 11.2. The molecule has 6 heteroatoms. The van der Waals surface area contributed by atoms with E-state index in [0.717, 1.165) is 44.8 Å². The standard InChI is InChI=1S/C37H35N3O3/c1-24-13-14-28(26(3)19-24)21-38-36(41)34-18-16-30-23-40(33-12-8-6-10-29(33)22-39(30)34)37(42)27-15-17-32(35(20-27)43-4)31-11-7-5-9-25(31)2/h5-20H,21-23H2,1-4H3,(H,38,41). The summed E-state index contributed by atoms with van der Waals surface area (Å²) in [6.07, 6.45) is 0. The molecule has 0 atom stereocenters. The van der Waals surface area contributed by atoms with E-state index >= 15 is 0 Å². The van der Waals surface area contributed by atoms with Crippen molar-refractivity contribution >= 4 is 17.5 Å². The fourth-order valence-electron chi connectivity index (χ4n) is 5.93. The molecule has 0 bridgehead atoms. The molecule has 1 aromatic heterocycles. The van der Waals surface area contributed by atoms with Crippen molar-refractivity contribution in [2.45, 2.75) is 40.4 Å². The molecule has 0 spiro atoms. The summed E-state index contributed by atoms with van der Waals surface area (Å²) in [5.41, 5.74) is 10.4. The molecule has 0 unspecified atom stereocenters. The van der Waals surface area contributed by atoms with Gasteiger partial charge in [0, 0.05) is 29.1 Å². The van der Waals surface area contributed by atoms with E-state index < -0.39 is 0 Å². The van der Waals surface area contributed by atoms with Gasteiger partial charge in [-0.05, 0) is 85.0 Å². The highest BCUT2D eigenvalue weighted by molar-refractivity contribution is 6.07. The molecule has 6 nitrogen and oxygen atoms in total. The Morgan fingerprint density at radius 2 is 1.58 bits per heavy atom. The van der Waals surface area contributed by atoms with E-state index in [9.17, 15) is 9.59 Å². The molecular formula is C37H35N3O3. The second kappa shape index (κ2) is 11.6. The van der Waals surface area contributed by atoms with Crippen LogP contribution in [0.4, 0.5) is 5.69 Å². The lowest BCUT2D eigenvalue weighted by molar-refractivity contribution is 0.0941. The van der Waals surface area contributed by atoms with Gasteiger partial charge in [0.15, 0.2) is 0 Å². The number of para-hydroxylation sites is 1. The molecule has 1 aliphatic heterocycles. The van der Waals surface area contributed by atoms with Gasteiger partial charge in [0.25, 0.3) is 11.8 Å². The molecule has 2 heterocycles. The highest BCUT2D eigenvalue weighted by atomic mass is 16.5. The number of nitrogens with zero attached hydrogens (tertiary/aromatic N) is 2. The van der Waals surface area contributed by atoms with Gasteiger partial charge in [-0.25, -0.2) is 0 Å². The average Bonchev–Trinajstić information content (AvgIpc) is 3.33. The number of carbonyl (C=O) groups excluding carboxylic acids is 2. The van der Waals surface area contributed by atoms with E-state index in [1.165, 1.54) is 5.56 Å². The molecule has 0 radical (unpaired) electrons. The summed E-state index contributed by atoms with van der Waals surface area (Å²) in [4.78, 5) is 29.4. The zero-order valence-electron chi connectivity index (χ0n) is 25.0. The molecule has 0 aliphatic carbocycles. The van der Waals surface area contributed by atoms with Crippen LogP contribution in [0.25, 0.3) is 11.1 Å². The summed E-state index contributed by atoms with van der Waals surface area (Å²) in [6, 6.07) is 31.7. The van der Waals surface area contributed by atoms with Crippen LogP contribution < -0.4 is 15.0 Å². The van der Waals surface area contributed by atoms with Gasteiger partial charge in [0.2, 0.25) is 0 Å². The lowest BCUT2D eigenvalue weighted by Crippen LogP contribution is -2.30. The Labute approximate surface area is 252 Å². The summed E-state index contributed by atoms with van der Waals surface area (Å²) >= 11 is 0. The maximum absolute atomic E-state index is 14.1. The number of aryl methyl sites for hydroxylation is 3. The fraction of sp³-hybridized carbons (Fsp3) is 0.189. The Hall–Kier alpha value is -5.10. The van der Waals surface area contributed by atoms with Gasteiger partial charge in [-0.1, -0.05) is 66.2 Å². The third-order valence-electron chi connectivity index (χ3n) is 8.30. The van der Waals surface area contributed by atoms with Gasteiger partial charge in [0.05, 0.1) is 20.2 Å². The van der Waals surface area contributed by atoms with Crippen LogP contribution in [0.5, 0.6) is 5.75 Å². The minimum atomic E-state index is -0.139. The third kappa shape index (κ3) is 5.44. The number of anilines is 1. The predicted octanol–water partition coefficient (Wildman–Crippen LogP) is 7.23. The highest BCUT2D eigenvalue weighted by Crippen LogP contribution is 2.35. The number of nitrogens with one attached hydrogen (secondary N) is 1. The van der Waals surface area contributed by atoms with E-state index in [4.69, 9.17) is 4.74 Å². The molecular weight excluding hydrogens is 534 g/mol. The molecule has 6 rings (SSSR count). The summed E-state index contributed by atoms with van der Waals surface area (Å²) in [5, 5.41) is 3.10. The van der Waals surface area contributed by atoms with E-state index in [0.29, 0.717) is 36.6 Å². The van der Waals surface area contributed by atoms with Crippen molar-refractivity contribution in [2.75, 3.05) is 12.0 Å². The molecule has 1 N–H and O–H groups in total. The van der Waals surface area contributed by atoms with E-state index in [1.807, 2.05) is 71.3 Å². The Morgan fingerprint density at radius 3 is 2.37 bits per heavy atom. The van der Waals surface area contributed by atoms with Crippen LogP contribution in [0.1, 0.15) is 54.4 Å². The number of rotatable bonds is 6. The molecule has 216 valence electrons. The van der Waals surface area contributed by atoms with E-state index in [-0.39, 0.29) is 11.8 Å². The van der Waals surface area contributed by atoms with Gasteiger partial charge >= 0.3 is 0 Å². The van der Waals surface area contributed by atoms with Crippen LogP contribution in [0.15, 0.2) is 97.1 Å². The van der Waals surface area contributed by atoms with Crippen molar-refractivity contribution in [1.82, 2.24) is 9.88 Å². The first kappa shape index (κ1) is 28.0. The van der Waals surface area contributed by atoms with Crippen LogP contribution in [0, 0.1) is 20.8 Å². The monoisotopic (exact) mass is 569 g/mol. The van der Waals surface area contributed by atoms with Crippen molar-refractivity contribution in [2.24, 2.45) is 0 Å². The summed E-state index contributed by atoms with van der Waals surface area (Å²) in [7, 11) is 1.63. The number of fused-ring (bicyclic) bond motifs is 2. The quantitative estimate of drug-likeness (QED) is 0.235. The average molecular weight is 570 g/mol. The van der Waals surface area contributed by atoms with Crippen molar-refractivity contribution in [3.05, 3.63) is 142 Å². The van der Waals surface area contributed by atoms with E-state index in [1.54, 1.807) is 12.0 Å². The maximum Gasteiger partial charge on any atom is 0.268 e. The Morgan fingerprint density at radius 1 is 0.791 bits per heavy atom. The number of ether oxygens (including phenoxy) is 1. The first-order valence-electron chi connectivity index (χ1n) is 14.5. The molecule has 43 heavy (non-hydrogen) atoms. The zero-order valence-corrected chi connectivity index (χ0v) is 25.0. The van der Waals surface area contributed by atoms with Crippen molar-refractivity contribution in [3.8, 4) is 16.9 Å². The Kier molecular flexibility index (Phi) is 7.59. The van der Waals surface area contributed by atoms with Crippen molar-refractivity contribution < 1.29 is 14.3 Å². The lowest BCUT2D eigenvalue weighted by atomic mass is 9.98. The highest BCUT2D eigenvalue weighted by Gasteiger charge is 2.28. The van der Waals surface area contributed by atoms with Crippen molar-refractivity contribution in [3.63, 3.8) is 0 Å². The Bertz CT molecular complexity index is 1850. The fourth-order valence-corrected chi connectivity index (χ4v) is 5.93. The van der Waals surface area contributed by atoms with Crippen LogP contribution in [0.3, 0.4) is 0 Å². The predicted molar refractivity (Wildman–Crippen MR) is 171 cm³/mol. The van der Waals surface area contributed by atoms with Crippen LogP contribution in [-0.4, -0.2) is 23.5 Å². The van der Waals surface area contributed by atoms with Gasteiger partial charge < -0.3 is 19.5 Å². The van der Waals surface area contributed by atoms with Gasteiger partial charge in [0.1, 0.15) is 11.4 Å². The molecule has 4 aromatic carbocycles. The summed E-state index contributed by atoms with van der Waals surface area (Å²) < 4.78 is 7.78. The minimum Gasteiger partial charge on any atom is -0.496 e. The number of hydrogen-bond donors (Lipinski definition) is 1. The summed E-state index contributed by atoms with van der Waals surface area (Å²) in [5.74, 6) is 0.381. The molecule has 1 aliphatic rings. The number of carbonyl (C=O) groups is 2. The van der Waals surface area contributed by atoms with Crippen LogP contribution >= 0.6 is 0 Å². The van der Waals surface area contributed by atoms with Crippen molar-refractivity contribution in [1.29, 1.82) is 0 Å². The Balaban J connectivity index is 1.30. The van der Waals surface area contributed by atoms with Gasteiger partial charge in [-0.15, -0.1) is 0 Å². The minimum absolute atomic E-state index is 0.127. The number of benzene rings is 4. The number of hydrogen-bond acceptors (Lipinski definition) is 3. The van der Waals surface area contributed by atoms with Crippen LogP contribution in [0.2, 0.25) is 0 Å². The first-order valence-corrected chi connectivity index (χ1v) is 14.5. The molecule has 0 saturated heterocycles. The first-order chi connectivity index (χ1) is 20.8. The number of amides is 2. The topological polar surface area (TPSA) is 63.6 Å². The smallest absolute Gasteiger partial charge is 0.268 e. The second-order valence-corrected chi connectivity index (χ2v) is 11.2. The van der Waals surface area contributed by atoms with Gasteiger partial charge in [-0.3, -0.25) is 9.59 Å². The normalized spacial score (nSPS) is 12.2. The zero-order chi connectivity index (χ0) is 30.1. The molecule has 0 fully saturated rings. The number of aromatic nitrogens is 1. The summed E-state index contributed by atoms with van der Waals surface area (Å²) in [6.45, 7) is 7.47. The lowest BCUT2D eigenvalue weighted by Gasteiger charge is -2.23. The molecule has 5 aromatic rings. The molecule has 0 saturated carbocycles. The molecule has 2 amide bonds.